The lowest BCUT2D eigenvalue weighted by molar-refractivity contribution is -0.117. The number of anilines is 1. The van der Waals surface area contributed by atoms with Gasteiger partial charge in [-0.15, -0.1) is 11.3 Å². The molecule has 3 heterocycles. The normalized spacial score (nSPS) is 10.9. The molecule has 0 aliphatic heterocycles. The molecule has 7 nitrogen and oxygen atoms in total. The Balaban J connectivity index is 1.53. The van der Waals surface area contributed by atoms with Gasteiger partial charge in [-0.05, 0) is 18.2 Å². The van der Waals surface area contributed by atoms with Gasteiger partial charge in [0.15, 0.2) is 4.96 Å². The van der Waals surface area contributed by atoms with Crippen LogP contribution in [0.15, 0.2) is 65.2 Å². The van der Waals surface area contributed by atoms with Crippen LogP contribution < -0.4 is 10.9 Å². The van der Waals surface area contributed by atoms with Gasteiger partial charge in [0.1, 0.15) is 6.54 Å². The summed E-state index contributed by atoms with van der Waals surface area (Å²) in [6, 6.07) is 10.3. The molecule has 4 rings (SSSR count). The number of hydrogen-bond donors (Lipinski definition) is 1. The molecule has 8 heteroatoms. The second-order valence-electron chi connectivity index (χ2n) is 5.37. The Hall–Kier alpha value is -3.26. The summed E-state index contributed by atoms with van der Waals surface area (Å²) in [7, 11) is 0. The third-order valence-corrected chi connectivity index (χ3v) is 4.38. The molecular formula is C17H13N5O2S. The van der Waals surface area contributed by atoms with Gasteiger partial charge in [0.25, 0.3) is 5.56 Å². The largest absolute Gasteiger partial charge is 0.324 e. The minimum atomic E-state index is -0.316. The number of aromatic nitrogens is 4. The van der Waals surface area contributed by atoms with Crippen molar-refractivity contribution in [1.82, 2.24) is 19.2 Å². The minimum Gasteiger partial charge on any atom is -0.324 e. The molecule has 4 aromatic rings. The topological polar surface area (TPSA) is 81.3 Å². The summed E-state index contributed by atoms with van der Waals surface area (Å²) in [5.41, 5.74) is 2.07. The highest BCUT2D eigenvalue weighted by Gasteiger charge is 2.09. The Kier molecular flexibility index (Phi) is 3.87. The average molecular weight is 351 g/mol. The number of nitrogens with zero attached hydrogens (tertiary/aromatic N) is 4. The minimum absolute atomic E-state index is 0.135. The number of carbonyl (C=O) groups is 1. The lowest BCUT2D eigenvalue weighted by atomic mass is 10.1. The van der Waals surface area contributed by atoms with Crippen LogP contribution in [0, 0.1) is 0 Å². The van der Waals surface area contributed by atoms with Gasteiger partial charge in [-0.25, -0.2) is 9.67 Å². The SMILES string of the molecule is O=C(Cn1ncccc1=O)Nc1cccc(-c2cn3ccsc3n2)c1. The lowest BCUT2D eigenvalue weighted by Crippen LogP contribution is -2.28. The van der Waals surface area contributed by atoms with Crippen LogP contribution in [0.3, 0.4) is 0 Å². The molecule has 0 aliphatic rings. The zero-order chi connectivity index (χ0) is 17.2. The predicted molar refractivity (Wildman–Crippen MR) is 95.6 cm³/mol. The maximum Gasteiger partial charge on any atom is 0.267 e. The van der Waals surface area contributed by atoms with Crippen LogP contribution in [-0.2, 0) is 11.3 Å². The standard InChI is InChI=1S/C17H13N5O2S/c23-15(11-22-16(24)5-2-6-18-22)19-13-4-1-3-12(9-13)14-10-21-7-8-25-17(21)20-14/h1-10H,11H2,(H,19,23). The Labute approximate surface area is 146 Å². The van der Waals surface area contributed by atoms with Crippen LogP contribution in [-0.4, -0.2) is 25.1 Å². The maximum absolute atomic E-state index is 12.2. The third-order valence-electron chi connectivity index (χ3n) is 3.61. The van der Waals surface area contributed by atoms with E-state index in [4.69, 9.17) is 0 Å². The fourth-order valence-corrected chi connectivity index (χ4v) is 3.17. The smallest absolute Gasteiger partial charge is 0.267 e. The molecule has 0 unspecified atom stereocenters. The molecule has 0 radical (unpaired) electrons. The fourth-order valence-electron chi connectivity index (χ4n) is 2.47. The molecule has 1 aromatic carbocycles. The van der Waals surface area contributed by atoms with Crippen molar-refractivity contribution >= 4 is 27.9 Å². The molecule has 25 heavy (non-hydrogen) atoms. The Morgan fingerprint density at radius 1 is 1.24 bits per heavy atom. The molecule has 1 amide bonds. The first-order valence-electron chi connectivity index (χ1n) is 7.54. The van der Waals surface area contributed by atoms with E-state index < -0.39 is 0 Å². The molecule has 0 saturated heterocycles. The fraction of sp³-hybridized carbons (Fsp3) is 0.0588. The van der Waals surface area contributed by atoms with Gasteiger partial charge in [0, 0.05) is 41.3 Å². The quantitative estimate of drug-likeness (QED) is 0.611. The van der Waals surface area contributed by atoms with E-state index in [0.717, 1.165) is 20.9 Å². The molecule has 0 spiro atoms. The number of amides is 1. The molecule has 0 atom stereocenters. The van der Waals surface area contributed by atoms with Gasteiger partial charge in [0.2, 0.25) is 5.91 Å². The highest BCUT2D eigenvalue weighted by Crippen LogP contribution is 2.24. The molecular weight excluding hydrogens is 338 g/mol. The number of carbonyl (C=O) groups excluding carboxylic acids is 1. The molecule has 0 bridgehead atoms. The summed E-state index contributed by atoms with van der Waals surface area (Å²) in [6.07, 6.45) is 5.37. The van der Waals surface area contributed by atoms with E-state index in [0.29, 0.717) is 5.69 Å². The first kappa shape index (κ1) is 15.3. The summed E-state index contributed by atoms with van der Waals surface area (Å²) in [4.78, 5) is 29.2. The molecule has 0 aliphatic carbocycles. The highest BCUT2D eigenvalue weighted by molar-refractivity contribution is 7.15. The summed E-state index contributed by atoms with van der Waals surface area (Å²) in [5.74, 6) is -0.316. The zero-order valence-corrected chi connectivity index (χ0v) is 13.8. The second-order valence-corrected chi connectivity index (χ2v) is 6.24. The van der Waals surface area contributed by atoms with Crippen molar-refractivity contribution < 1.29 is 4.79 Å². The van der Waals surface area contributed by atoms with Crippen molar-refractivity contribution in [2.24, 2.45) is 0 Å². The third kappa shape index (κ3) is 3.20. The van der Waals surface area contributed by atoms with Gasteiger partial charge in [-0.1, -0.05) is 12.1 Å². The van der Waals surface area contributed by atoms with Gasteiger partial charge in [-0.2, -0.15) is 5.10 Å². The number of benzene rings is 1. The summed E-state index contributed by atoms with van der Waals surface area (Å²) >= 11 is 1.56. The van der Waals surface area contributed by atoms with Gasteiger partial charge in [0.05, 0.1) is 5.69 Å². The van der Waals surface area contributed by atoms with Gasteiger partial charge >= 0.3 is 0 Å². The van der Waals surface area contributed by atoms with Gasteiger partial charge in [-0.3, -0.25) is 14.0 Å². The summed E-state index contributed by atoms with van der Waals surface area (Å²) in [5, 5.41) is 8.63. The zero-order valence-electron chi connectivity index (χ0n) is 13.0. The summed E-state index contributed by atoms with van der Waals surface area (Å²) in [6.45, 7) is -0.135. The number of thiazole rings is 1. The Bertz CT molecular complexity index is 1080. The van der Waals surface area contributed by atoms with Gasteiger partial charge < -0.3 is 5.32 Å². The highest BCUT2D eigenvalue weighted by atomic mass is 32.1. The summed E-state index contributed by atoms with van der Waals surface area (Å²) < 4.78 is 3.07. The van der Waals surface area contributed by atoms with E-state index in [1.165, 1.54) is 18.3 Å². The van der Waals surface area contributed by atoms with Crippen molar-refractivity contribution in [2.45, 2.75) is 6.54 Å². The van der Waals surface area contributed by atoms with Crippen LogP contribution in [0.2, 0.25) is 0 Å². The lowest BCUT2D eigenvalue weighted by Gasteiger charge is -2.07. The van der Waals surface area contributed by atoms with Crippen molar-refractivity contribution in [3.8, 4) is 11.3 Å². The maximum atomic E-state index is 12.2. The van der Waals surface area contributed by atoms with Crippen LogP contribution in [0.1, 0.15) is 0 Å². The van der Waals surface area contributed by atoms with Crippen molar-refractivity contribution in [3.63, 3.8) is 0 Å². The van der Waals surface area contributed by atoms with Crippen molar-refractivity contribution in [3.05, 3.63) is 70.7 Å². The Morgan fingerprint density at radius 3 is 3.00 bits per heavy atom. The number of hydrogen-bond acceptors (Lipinski definition) is 5. The molecule has 3 aromatic heterocycles. The molecule has 124 valence electrons. The first-order chi connectivity index (χ1) is 12.2. The van der Waals surface area contributed by atoms with E-state index >= 15 is 0 Å². The number of nitrogens with one attached hydrogen (secondary N) is 1. The Morgan fingerprint density at radius 2 is 2.16 bits per heavy atom. The van der Waals surface area contributed by atoms with E-state index in [-0.39, 0.29) is 18.0 Å². The van der Waals surface area contributed by atoms with E-state index in [9.17, 15) is 9.59 Å². The number of rotatable bonds is 4. The van der Waals surface area contributed by atoms with Crippen molar-refractivity contribution in [1.29, 1.82) is 0 Å². The monoisotopic (exact) mass is 351 g/mol. The van der Waals surface area contributed by atoms with Crippen LogP contribution >= 0.6 is 11.3 Å². The van der Waals surface area contributed by atoms with Crippen LogP contribution in [0.25, 0.3) is 16.2 Å². The van der Waals surface area contributed by atoms with Crippen LogP contribution in [0.5, 0.6) is 0 Å². The molecule has 1 N–H and O–H groups in total. The number of imidazole rings is 1. The molecule has 0 saturated carbocycles. The molecule has 0 fully saturated rings. The van der Waals surface area contributed by atoms with E-state index in [1.54, 1.807) is 17.4 Å². The van der Waals surface area contributed by atoms with Crippen molar-refractivity contribution in [2.75, 3.05) is 5.32 Å². The van der Waals surface area contributed by atoms with E-state index in [1.807, 2.05) is 40.4 Å². The average Bonchev–Trinajstić information content (AvgIpc) is 3.19. The predicted octanol–water partition coefficient (Wildman–Crippen LogP) is 2.26. The number of fused-ring (bicyclic) bond motifs is 1. The first-order valence-corrected chi connectivity index (χ1v) is 8.42. The van der Waals surface area contributed by atoms with Crippen LogP contribution in [0.4, 0.5) is 5.69 Å². The van der Waals surface area contributed by atoms with E-state index in [2.05, 4.69) is 15.4 Å². The second kappa shape index (κ2) is 6.33.